The molecule has 0 saturated heterocycles. The number of fused-ring (bicyclic) bond motifs is 12. The molecule has 2 bridgehead atoms. The van der Waals surface area contributed by atoms with Gasteiger partial charge in [0, 0.05) is 19.9 Å². The molecule has 3 amide bonds. The van der Waals surface area contributed by atoms with Gasteiger partial charge >= 0.3 is 5.97 Å². The molecule has 0 fully saturated rings. The first-order chi connectivity index (χ1) is 16.7. The Labute approximate surface area is 203 Å². The van der Waals surface area contributed by atoms with E-state index in [1.807, 2.05) is 0 Å². The number of ether oxygens (including phenoxy) is 2. The Kier molecular flexibility index (Phi) is 10.5. The average molecular weight is 489 g/mol. The van der Waals surface area contributed by atoms with Crippen LogP contribution in [-0.4, -0.2) is 68.0 Å². The van der Waals surface area contributed by atoms with E-state index in [9.17, 15) is 19.2 Å². The average Bonchev–Trinajstić information content (AvgIpc) is 2.81. The molecule has 3 rings (SSSR count). The third kappa shape index (κ3) is 9.35. The molecule has 3 atom stereocenters. The lowest BCUT2D eigenvalue weighted by molar-refractivity contribution is -0.144. The Morgan fingerprint density at radius 1 is 1.17 bits per heavy atom. The standard InChI is InChI=1S/C23H32N6O6/c1-14(30)27-19-13-15-7-9-16(10-8-15)35-12-4-6-18(22(33)34-2)29-20(31)17(28-21(19)32)5-3-11-26-23(24)25/h4,6-10,17-19H,3,5,11-13H2,1-2H3,(H,27,30)(H,28,32)(H,29,31)(H4,24,25,26)/b6-4+/t17-,18-,19+/m0/s1. The van der Waals surface area contributed by atoms with Crippen molar-refractivity contribution in [1.82, 2.24) is 16.0 Å². The Balaban J connectivity index is 2.35. The summed E-state index contributed by atoms with van der Waals surface area (Å²) in [5, 5.41) is 7.88. The summed E-state index contributed by atoms with van der Waals surface area (Å²) in [6.45, 7) is 1.69. The highest BCUT2D eigenvalue weighted by Crippen LogP contribution is 2.14. The number of guanidine groups is 1. The number of amides is 3. The number of rotatable bonds is 6. The Bertz CT molecular complexity index is 958. The maximum Gasteiger partial charge on any atom is 0.332 e. The fourth-order valence-electron chi connectivity index (χ4n) is 3.36. The first-order valence-electron chi connectivity index (χ1n) is 11.1. The van der Waals surface area contributed by atoms with Crippen LogP contribution in [0.5, 0.6) is 5.75 Å². The lowest BCUT2D eigenvalue weighted by atomic mass is 10.0. The minimum atomic E-state index is -1.10. The molecule has 0 aromatic heterocycles. The van der Waals surface area contributed by atoms with E-state index >= 15 is 0 Å². The van der Waals surface area contributed by atoms with Gasteiger partial charge in [-0.25, -0.2) is 4.79 Å². The number of carbonyl (C=O) groups is 4. The van der Waals surface area contributed by atoms with Crippen molar-refractivity contribution in [2.75, 3.05) is 20.3 Å². The highest BCUT2D eigenvalue weighted by molar-refractivity contribution is 5.93. The van der Waals surface area contributed by atoms with Crippen LogP contribution in [0.4, 0.5) is 0 Å². The topological polar surface area (TPSA) is 187 Å². The van der Waals surface area contributed by atoms with Crippen molar-refractivity contribution in [3.8, 4) is 5.75 Å². The number of benzene rings is 1. The fourth-order valence-corrected chi connectivity index (χ4v) is 3.36. The van der Waals surface area contributed by atoms with Crippen LogP contribution in [-0.2, 0) is 30.3 Å². The van der Waals surface area contributed by atoms with E-state index in [0.717, 1.165) is 5.56 Å². The van der Waals surface area contributed by atoms with E-state index in [2.05, 4.69) is 20.9 Å². The van der Waals surface area contributed by atoms with Gasteiger partial charge in [-0.15, -0.1) is 0 Å². The molecular weight excluding hydrogens is 456 g/mol. The van der Waals surface area contributed by atoms with Crippen LogP contribution in [0.1, 0.15) is 25.3 Å². The second-order valence-electron chi connectivity index (χ2n) is 7.86. The summed E-state index contributed by atoms with van der Waals surface area (Å²) in [5.41, 5.74) is 11.5. The largest absolute Gasteiger partial charge is 0.490 e. The van der Waals surface area contributed by atoms with Crippen molar-refractivity contribution in [2.24, 2.45) is 16.5 Å². The van der Waals surface area contributed by atoms with Crippen molar-refractivity contribution in [1.29, 1.82) is 0 Å². The smallest absolute Gasteiger partial charge is 0.332 e. The van der Waals surface area contributed by atoms with Gasteiger partial charge in [0.1, 0.15) is 30.5 Å². The second-order valence-corrected chi connectivity index (χ2v) is 7.86. The van der Waals surface area contributed by atoms with Gasteiger partial charge in [0.05, 0.1) is 7.11 Å². The Morgan fingerprint density at radius 2 is 1.89 bits per heavy atom. The minimum absolute atomic E-state index is 0.0914. The summed E-state index contributed by atoms with van der Waals surface area (Å²) in [6, 6.07) is 3.98. The van der Waals surface area contributed by atoms with Gasteiger partial charge in [-0.2, -0.15) is 0 Å². The molecular formula is C23H32N6O6. The van der Waals surface area contributed by atoms with Gasteiger partial charge in [-0.1, -0.05) is 18.2 Å². The first kappa shape index (κ1) is 27.2. The summed E-state index contributed by atoms with van der Waals surface area (Å²) in [6.07, 6.45) is 3.77. The van der Waals surface area contributed by atoms with Crippen LogP contribution < -0.4 is 32.2 Å². The van der Waals surface area contributed by atoms with Gasteiger partial charge < -0.3 is 36.9 Å². The van der Waals surface area contributed by atoms with Gasteiger partial charge in [0.15, 0.2) is 5.96 Å². The quantitative estimate of drug-likeness (QED) is 0.109. The third-order valence-electron chi connectivity index (χ3n) is 5.06. The molecule has 2 aliphatic rings. The molecule has 0 radical (unpaired) electrons. The predicted octanol–water partition coefficient (Wildman–Crippen LogP) is -1.12. The number of hydrogen-bond donors (Lipinski definition) is 5. The lowest BCUT2D eigenvalue weighted by Gasteiger charge is -2.24. The van der Waals surface area contributed by atoms with Crippen LogP contribution in [0.2, 0.25) is 0 Å². The van der Waals surface area contributed by atoms with Crippen molar-refractivity contribution >= 4 is 29.7 Å². The number of carbonyl (C=O) groups excluding carboxylic acids is 4. The van der Waals surface area contributed by atoms with Crippen molar-refractivity contribution in [2.45, 2.75) is 44.3 Å². The summed E-state index contributed by atoms with van der Waals surface area (Å²) in [4.78, 5) is 54.0. The third-order valence-corrected chi connectivity index (χ3v) is 5.06. The van der Waals surface area contributed by atoms with Crippen LogP contribution >= 0.6 is 0 Å². The monoisotopic (exact) mass is 488 g/mol. The maximum atomic E-state index is 13.1. The number of nitrogens with zero attached hydrogens (tertiary/aromatic N) is 1. The number of nitrogens with two attached hydrogens (primary N) is 2. The van der Waals surface area contributed by atoms with E-state index in [0.29, 0.717) is 12.2 Å². The van der Waals surface area contributed by atoms with E-state index in [1.54, 1.807) is 30.3 Å². The molecule has 1 aromatic carbocycles. The number of methoxy groups -OCH3 is 1. The number of aliphatic imine (C=N–C) groups is 1. The molecule has 0 aliphatic carbocycles. The summed E-state index contributed by atoms with van der Waals surface area (Å²) >= 11 is 0. The molecule has 12 nitrogen and oxygen atoms in total. The van der Waals surface area contributed by atoms with E-state index < -0.39 is 41.8 Å². The molecule has 1 aromatic rings. The van der Waals surface area contributed by atoms with Gasteiger partial charge in [0.2, 0.25) is 17.7 Å². The van der Waals surface area contributed by atoms with Crippen molar-refractivity contribution in [3.63, 3.8) is 0 Å². The molecule has 2 heterocycles. The molecule has 0 spiro atoms. The van der Waals surface area contributed by atoms with Gasteiger partial charge in [0.25, 0.3) is 0 Å². The molecule has 190 valence electrons. The second kappa shape index (κ2) is 13.6. The van der Waals surface area contributed by atoms with Gasteiger partial charge in [-0.3, -0.25) is 19.4 Å². The Hall–Kier alpha value is -4.09. The van der Waals surface area contributed by atoms with Crippen LogP contribution in [0.15, 0.2) is 41.4 Å². The zero-order chi connectivity index (χ0) is 25.8. The Morgan fingerprint density at radius 3 is 2.51 bits per heavy atom. The molecule has 7 N–H and O–H groups in total. The fraction of sp³-hybridized carbons (Fsp3) is 0.435. The van der Waals surface area contributed by atoms with E-state index in [-0.39, 0.29) is 32.0 Å². The van der Waals surface area contributed by atoms with Crippen LogP contribution in [0.3, 0.4) is 0 Å². The van der Waals surface area contributed by atoms with E-state index in [4.69, 9.17) is 20.9 Å². The molecule has 0 saturated carbocycles. The highest BCUT2D eigenvalue weighted by Gasteiger charge is 2.29. The maximum absolute atomic E-state index is 13.1. The lowest BCUT2D eigenvalue weighted by Crippen LogP contribution is -2.56. The summed E-state index contributed by atoms with van der Waals surface area (Å²) < 4.78 is 10.4. The molecule has 0 unspecified atom stereocenters. The zero-order valence-corrected chi connectivity index (χ0v) is 19.8. The summed E-state index contributed by atoms with van der Waals surface area (Å²) in [7, 11) is 1.20. The minimum Gasteiger partial charge on any atom is -0.490 e. The first-order valence-corrected chi connectivity index (χ1v) is 11.1. The number of nitrogens with one attached hydrogen (secondary N) is 3. The predicted molar refractivity (Wildman–Crippen MR) is 128 cm³/mol. The summed E-state index contributed by atoms with van der Waals surface area (Å²) in [5.74, 6) is -1.77. The normalized spacial score (nSPS) is 21.6. The van der Waals surface area contributed by atoms with E-state index in [1.165, 1.54) is 20.1 Å². The van der Waals surface area contributed by atoms with Crippen LogP contribution in [0, 0.1) is 0 Å². The van der Waals surface area contributed by atoms with Crippen molar-refractivity contribution in [3.05, 3.63) is 42.0 Å². The van der Waals surface area contributed by atoms with Crippen molar-refractivity contribution < 1.29 is 28.7 Å². The number of esters is 1. The highest BCUT2D eigenvalue weighted by atomic mass is 16.5. The van der Waals surface area contributed by atoms with Gasteiger partial charge in [-0.05, 0) is 36.6 Å². The molecule has 2 aliphatic heterocycles. The molecule has 12 heteroatoms. The number of hydrogen-bond acceptors (Lipinski definition) is 7. The SMILES string of the molecule is COC(=O)[C@@H]1/C=C/COc2ccc(cc2)C[C@@H](NC(C)=O)C(=O)N[C@@H](CCCN=C(N)N)C(=O)N1. The van der Waals surface area contributed by atoms with Crippen LogP contribution in [0.25, 0.3) is 0 Å². The molecule has 35 heavy (non-hydrogen) atoms. The zero-order valence-electron chi connectivity index (χ0n) is 19.8.